The highest BCUT2D eigenvalue weighted by atomic mass is 16.6. The average molecular weight is 341 g/mol. The maximum absolute atomic E-state index is 12.8. The lowest BCUT2D eigenvalue weighted by atomic mass is 9.95. The fraction of sp³-hybridized carbons (Fsp3) is 0.278. The third-order valence-corrected chi connectivity index (χ3v) is 4.50. The van der Waals surface area contributed by atoms with Crippen LogP contribution >= 0.6 is 0 Å². The van der Waals surface area contributed by atoms with Crippen molar-refractivity contribution >= 4 is 11.6 Å². The highest BCUT2D eigenvalue weighted by molar-refractivity contribution is 5.95. The molecule has 0 bridgehead atoms. The van der Waals surface area contributed by atoms with E-state index >= 15 is 0 Å². The largest absolute Gasteiger partial charge is 0.490 e. The van der Waals surface area contributed by atoms with Crippen LogP contribution in [0, 0.1) is 10.1 Å². The Hall–Kier alpha value is -2.93. The van der Waals surface area contributed by atoms with Gasteiger partial charge in [0.05, 0.1) is 12.0 Å². The van der Waals surface area contributed by atoms with E-state index in [-0.39, 0.29) is 29.3 Å². The number of carbonyl (C=O) groups is 1. The maximum atomic E-state index is 12.8. The molecule has 7 heteroatoms. The van der Waals surface area contributed by atoms with Gasteiger partial charge in [0.1, 0.15) is 0 Å². The fourth-order valence-electron chi connectivity index (χ4n) is 3.19. The molecule has 2 aromatic rings. The number of amides is 1. The highest BCUT2D eigenvalue weighted by Crippen LogP contribution is 2.30. The number of hydrogen-bond donors (Lipinski definition) is 1. The Bertz CT molecular complexity index is 794. The highest BCUT2D eigenvalue weighted by Gasteiger charge is 2.34. The monoisotopic (exact) mass is 341 g/mol. The molecule has 130 valence electrons. The SMILES string of the molecule is COc1cc(C(=O)N2C[C@@H](N)[C@H](c3ccccc3)C2)ccc1[N+](=O)[O-]. The Morgan fingerprint density at radius 3 is 2.60 bits per heavy atom. The van der Waals surface area contributed by atoms with Crippen LogP contribution in [0.1, 0.15) is 21.8 Å². The van der Waals surface area contributed by atoms with Gasteiger partial charge >= 0.3 is 5.69 Å². The van der Waals surface area contributed by atoms with Gasteiger partial charge in [0.25, 0.3) is 5.91 Å². The third kappa shape index (κ3) is 3.32. The van der Waals surface area contributed by atoms with Crippen LogP contribution < -0.4 is 10.5 Å². The third-order valence-electron chi connectivity index (χ3n) is 4.50. The normalized spacial score (nSPS) is 19.7. The number of hydrogen-bond acceptors (Lipinski definition) is 5. The number of carbonyl (C=O) groups excluding carboxylic acids is 1. The smallest absolute Gasteiger partial charge is 0.310 e. The molecule has 1 amide bonds. The first-order valence-corrected chi connectivity index (χ1v) is 7.93. The van der Waals surface area contributed by atoms with E-state index in [1.54, 1.807) is 4.90 Å². The number of benzene rings is 2. The van der Waals surface area contributed by atoms with E-state index in [1.807, 2.05) is 30.3 Å². The summed E-state index contributed by atoms with van der Waals surface area (Å²) in [5.41, 5.74) is 7.52. The van der Waals surface area contributed by atoms with E-state index in [0.29, 0.717) is 18.7 Å². The van der Waals surface area contributed by atoms with E-state index in [9.17, 15) is 14.9 Å². The molecule has 2 N–H and O–H groups in total. The molecule has 1 fully saturated rings. The molecule has 1 aliphatic heterocycles. The van der Waals surface area contributed by atoms with Gasteiger partial charge in [-0.05, 0) is 11.6 Å². The average Bonchev–Trinajstić information content (AvgIpc) is 3.02. The zero-order valence-corrected chi connectivity index (χ0v) is 13.8. The van der Waals surface area contributed by atoms with Gasteiger partial charge < -0.3 is 15.4 Å². The summed E-state index contributed by atoms with van der Waals surface area (Å²) >= 11 is 0. The molecule has 0 aromatic heterocycles. The van der Waals surface area contributed by atoms with Gasteiger partial charge in [0.15, 0.2) is 5.75 Å². The van der Waals surface area contributed by atoms with Crippen molar-refractivity contribution in [3.05, 3.63) is 69.8 Å². The molecule has 2 atom stereocenters. The lowest BCUT2D eigenvalue weighted by Gasteiger charge is -2.17. The molecule has 1 aliphatic rings. The van der Waals surface area contributed by atoms with Crippen LogP contribution in [0.15, 0.2) is 48.5 Å². The van der Waals surface area contributed by atoms with Crippen molar-refractivity contribution in [2.75, 3.05) is 20.2 Å². The maximum Gasteiger partial charge on any atom is 0.310 e. The molecule has 1 saturated heterocycles. The number of likely N-dealkylation sites (tertiary alicyclic amines) is 1. The summed E-state index contributed by atoms with van der Waals surface area (Å²) in [4.78, 5) is 24.9. The molecule has 1 heterocycles. The van der Waals surface area contributed by atoms with E-state index in [0.717, 1.165) is 5.56 Å². The first-order chi connectivity index (χ1) is 12.0. The summed E-state index contributed by atoms with van der Waals surface area (Å²) < 4.78 is 5.03. The number of nitrogens with two attached hydrogens (primary N) is 1. The summed E-state index contributed by atoms with van der Waals surface area (Å²) in [6.45, 7) is 0.959. The number of nitrogens with zero attached hydrogens (tertiary/aromatic N) is 2. The second-order valence-corrected chi connectivity index (χ2v) is 6.03. The second-order valence-electron chi connectivity index (χ2n) is 6.03. The number of nitro benzene ring substituents is 1. The summed E-state index contributed by atoms with van der Waals surface area (Å²) in [5, 5.41) is 11.0. The molecule has 0 aliphatic carbocycles. The summed E-state index contributed by atoms with van der Waals surface area (Å²) in [7, 11) is 1.34. The molecule has 0 spiro atoms. The topological polar surface area (TPSA) is 98.7 Å². The minimum absolute atomic E-state index is 0.0685. The molecule has 3 rings (SSSR count). The van der Waals surface area contributed by atoms with Crippen LogP contribution in [0.3, 0.4) is 0 Å². The van der Waals surface area contributed by atoms with Gasteiger partial charge in [0, 0.05) is 42.7 Å². The van der Waals surface area contributed by atoms with Crippen LogP contribution in [-0.2, 0) is 0 Å². The number of methoxy groups -OCH3 is 1. The second kappa shape index (κ2) is 6.90. The number of rotatable bonds is 4. The van der Waals surface area contributed by atoms with Crippen LogP contribution in [0.2, 0.25) is 0 Å². The summed E-state index contributed by atoms with van der Waals surface area (Å²) in [6, 6.07) is 13.9. The van der Waals surface area contributed by atoms with Crippen molar-refractivity contribution in [1.82, 2.24) is 4.90 Å². The molecular weight excluding hydrogens is 322 g/mol. The first-order valence-electron chi connectivity index (χ1n) is 7.93. The van der Waals surface area contributed by atoms with Gasteiger partial charge in [-0.1, -0.05) is 30.3 Å². The van der Waals surface area contributed by atoms with Crippen LogP contribution in [0.4, 0.5) is 5.69 Å². The Morgan fingerprint density at radius 1 is 1.24 bits per heavy atom. The van der Waals surface area contributed by atoms with Crippen molar-refractivity contribution in [3.63, 3.8) is 0 Å². The van der Waals surface area contributed by atoms with Crippen LogP contribution in [-0.4, -0.2) is 42.0 Å². The van der Waals surface area contributed by atoms with Gasteiger partial charge in [-0.15, -0.1) is 0 Å². The van der Waals surface area contributed by atoms with E-state index in [4.69, 9.17) is 10.5 Å². The Balaban J connectivity index is 1.81. The zero-order valence-electron chi connectivity index (χ0n) is 13.8. The molecule has 0 unspecified atom stereocenters. The molecular formula is C18H19N3O4. The van der Waals surface area contributed by atoms with Crippen LogP contribution in [0.25, 0.3) is 0 Å². The predicted molar refractivity (Wildman–Crippen MR) is 92.7 cm³/mol. The van der Waals surface area contributed by atoms with Gasteiger partial charge in [-0.25, -0.2) is 0 Å². The van der Waals surface area contributed by atoms with Crippen molar-refractivity contribution in [3.8, 4) is 5.75 Å². The van der Waals surface area contributed by atoms with E-state index in [2.05, 4.69) is 0 Å². The Labute approximate surface area is 145 Å². The lowest BCUT2D eigenvalue weighted by Crippen LogP contribution is -2.32. The molecule has 25 heavy (non-hydrogen) atoms. The van der Waals surface area contributed by atoms with Crippen LogP contribution in [0.5, 0.6) is 5.75 Å². The minimum atomic E-state index is -0.537. The zero-order chi connectivity index (χ0) is 18.0. The lowest BCUT2D eigenvalue weighted by molar-refractivity contribution is -0.385. The fourth-order valence-corrected chi connectivity index (χ4v) is 3.19. The molecule has 0 radical (unpaired) electrons. The minimum Gasteiger partial charge on any atom is -0.490 e. The Kier molecular flexibility index (Phi) is 4.67. The predicted octanol–water partition coefficient (Wildman–Crippen LogP) is 2.17. The van der Waals surface area contributed by atoms with Gasteiger partial charge in [0.2, 0.25) is 0 Å². The van der Waals surface area contributed by atoms with Gasteiger partial charge in [-0.2, -0.15) is 0 Å². The number of nitro groups is 1. The Morgan fingerprint density at radius 2 is 1.96 bits per heavy atom. The summed E-state index contributed by atoms with van der Waals surface area (Å²) in [6.07, 6.45) is 0. The number of ether oxygens (including phenoxy) is 1. The molecule has 0 saturated carbocycles. The van der Waals surface area contributed by atoms with E-state index < -0.39 is 4.92 Å². The quantitative estimate of drug-likeness (QED) is 0.679. The van der Waals surface area contributed by atoms with Gasteiger partial charge in [-0.3, -0.25) is 14.9 Å². The summed E-state index contributed by atoms with van der Waals surface area (Å²) in [5.74, 6) is -0.0638. The van der Waals surface area contributed by atoms with Crippen molar-refractivity contribution < 1.29 is 14.5 Å². The first kappa shape index (κ1) is 16.9. The van der Waals surface area contributed by atoms with Crippen molar-refractivity contribution in [2.24, 2.45) is 5.73 Å². The standard InChI is InChI=1S/C18H19N3O4/c1-25-17-9-13(7-8-16(17)21(23)24)18(22)20-10-14(15(19)11-20)12-5-3-2-4-6-12/h2-9,14-15H,10-11,19H2,1H3/t14-,15+/m0/s1. The van der Waals surface area contributed by atoms with Crippen molar-refractivity contribution in [2.45, 2.75) is 12.0 Å². The van der Waals surface area contributed by atoms with E-state index in [1.165, 1.54) is 25.3 Å². The molecule has 7 nitrogen and oxygen atoms in total. The molecule has 2 aromatic carbocycles. The van der Waals surface area contributed by atoms with Crippen molar-refractivity contribution in [1.29, 1.82) is 0 Å².